The fourth-order valence-corrected chi connectivity index (χ4v) is 2.34. The smallest absolute Gasteiger partial charge is 0.271 e. The van der Waals surface area contributed by atoms with Crippen molar-refractivity contribution in [1.29, 1.82) is 0 Å². The van der Waals surface area contributed by atoms with Crippen molar-refractivity contribution in [3.63, 3.8) is 0 Å². The van der Waals surface area contributed by atoms with E-state index in [2.05, 4.69) is 20.8 Å². The van der Waals surface area contributed by atoms with E-state index in [4.69, 9.17) is 0 Å². The van der Waals surface area contributed by atoms with Crippen molar-refractivity contribution in [1.82, 2.24) is 10.4 Å². The molecule has 2 aromatic carbocycles. The number of nitrogens with zero attached hydrogens (tertiary/aromatic N) is 3. The number of benzene rings is 2. The van der Waals surface area contributed by atoms with Crippen LogP contribution in [0.4, 0.5) is 11.4 Å². The predicted octanol–water partition coefficient (Wildman–Crippen LogP) is 3.01. The van der Waals surface area contributed by atoms with Gasteiger partial charge in [0.25, 0.3) is 17.5 Å². The van der Waals surface area contributed by atoms with E-state index in [0.717, 1.165) is 0 Å². The fraction of sp³-hybridized carbons (Fsp3) is 0. The Hall–Kier alpha value is -4.40. The molecule has 0 unspecified atom stereocenters. The molecule has 3 rings (SSSR count). The Labute approximate surface area is 165 Å². The molecule has 0 saturated carbocycles. The van der Waals surface area contributed by atoms with Crippen LogP contribution in [0.5, 0.6) is 0 Å². The second-order valence-electron chi connectivity index (χ2n) is 5.79. The summed E-state index contributed by atoms with van der Waals surface area (Å²) in [6, 6.07) is 16.9. The molecule has 0 radical (unpaired) electrons. The van der Waals surface area contributed by atoms with E-state index in [9.17, 15) is 19.7 Å². The summed E-state index contributed by atoms with van der Waals surface area (Å²) in [4.78, 5) is 38.6. The van der Waals surface area contributed by atoms with E-state index in [1.165, 1.54) is 42.6 Å². The van der Waals surface area contributed by atoms with E-state index >= 15 is 0 Å². The summed E-state index contributed by atoms with van der Waals surface area (Å²) in [5, 5.41) is 17.3. The molecule has 0 aliphatic carbocycles. The Kier molecular flexibility index (Phi) is 6.01. The predicted molar refractivity (Wildman–Crippen MR) is 107 cm³/mol. The molecule has 1 aromatic heterocycles. The standard InChI is InChI=1S/C20H15N5O4/c26-19(15-4-3-6-18(12-15)25(28)29)23-16-9-7-14(8-10-16)20(27)24-22-13-17-5-1-2-11-21-17/h1-13H,(H,23,26)(H,24,27). The second kappa shape index (κ2) is 9.00. The molecule has 9 nitrogen and oxygen atoms in total. The van der Waals surface area contributed by atoms with Crippen LogP contribution in [0.2, 0.25) is 0 Å². The highest BCUT2D eigenvalue weighted by Gasteiger charge is 2.12. The number of carbonyl (C=O) groups excluding carboxylic acids is 2. The number of carbonyl (C=O) groups is 2. The van der Waals surface area contributed by atoms with Gasteiger partial charge in [-0.25, -0.2) is 5.43 Å². The van der Waals surface area contributed by atoms with Crippen LogP contribution >= 0.6 is 0 Å². The average molecular weight is 389 g/mol. The molecule has 2 N–H and O–H groups in total. The Morgan fingerprint density at radius 3 is 2.45 bits per heavy atom. The van der Waals surface area contributed by atoms with Crippen LogP contribution in [0.15, 0.2) is 78.0 Å². The van der Waals surface area contributed by atoms with Gasteiger partial charge in [-0.1, -0.05) is 12.1 Å². The van der Waals surface area contributed by atoms with Crippen LogP contribution in [0.25, 0.3) is 0 Å². The highest BCUT2D eigenvalue weighted by atomic mass is 16.6. The van der Waals surface area contributed by atoms with E-state index in [-0.39, 0.29) is 11.3 Å². The van der Waals surface area contributed by atoms with Crippen molar-refractivity contribution >= 4 is 29.4 Å². The molecule has 144 valence electrons. The first-order chi connectivity index (χ1) is 14.0. The molecule has 0 atom stereocenters. The fourth-order valence-electron chi connectivity index (χ4n) is 2.34. The number of amides is 2. The number of hydrazone groups is 1. The van der Waals surface area contributed by atoms with Crippen molar-refractivity contribution in [3.05, 3.63) is 99.9 Å². The Bertz CT molecular complexity index is 1070. The molecule has 3 aromatic rings. The minimum absolute atomic E-state index is 0.157. The quantitative estimate of drug-likeness (QED) is 0.381. The molecule has 0 spiro atoms. The van der Waals surface area contributed by atoms with Crippen LogP contribution in [0, 0.1) is 10.1 Å². The maximum Gasteiger partial charge on any atom is 0.271 e. The number of nitro groups is 1. The third-order valence-corrected chi connectivity index (χ3v) is 3.77. The molecule has 9 heteroatoms. The van der Waals surface area contributed by atoms with Gasteiger partial charge in [-0.05, 0) is 42.5 Å². The van der Waals surface area contributed by atoms with E-state index in [0.29, 0.717) is 16.9 Å². The second-order valence-corrected chi connectivity index (χ2v) is 5.79. The van der Waals surface area contributed by atoms with Gasteiger partial charge in [0.2, 0.25) is 0 Å². The highest BCUT2D eigenvalue weighted by molar-refractivity contribution is 6.05. The number of nitro benzene ring substituents is 1. The molecule has 2 amide bonds. The SMILES string of the molecule is O=C(NN=Cc1ccccn1)c1ccc(NC(=O)c2cccc([N+](=O)[O-])c2)cc1. The summed E-state index contributed by atoms with van der Waals surface area (Å²) < 4.78 is 0. The lowest BCUT2D eigenvalue weighted by Crippen LogP contribution is -2.18. The lowest BCUT2D eigenvalue weighted by molar-refractivity contribution is -0.384. The summed E-state index contributed by atoms with van der Waals surface area (Å²) in [5.74, 6) is -0.917. The Balaban J connectivity index is 1.60. The summed E-state index contributed by atoms with van der Waals surface area (Å²) in [7, 11) is 0. The van der Waals surface area contributed by atoms with Crippen LogP contribution in [0.1, 0.15) is 26.4 Å². The Morgan fingerprint density at radius 1 is 0.966 bits per heavy atom. The lowest BCUT2D eigenvalue weighted by atomic mass is 10.1. The minimum atomic E-state index is -0.569. The number of rotatable bonds is 6. The maximum absolute atomic E-state index is 12.2. The Morgan fingerprint density at radius 2 is 1.76 bits per heavy atom. The lowest BCUT2D eigenvalue weighted by Gasteiger charge is -2.06. The molecular weight excluding hydrogens is 374 g/mol. The number of non-ortho nitro benzene ring substituents is 1. The van der Waals surface area contributed by atoms with Crippen LogP contribution in [-0.4, -0.2) is 27.9 Å². The normalized spacial score (nSPS) is 10.5. The zero-order chi connectivity index (χ0) is 20.6. The van der Waals surface area contributed by atoms with Crippen molar-refractivity contribution in [2.45, 2.75) is 0 Å². The summed E-state index contributed by atoms with van der Waals surface area (Å²) in [6.07, 6.45) is 3.04. The molecular formula is C20H15N5O4. The third-order valence-electron chi connectivity index (χ3n) is 3.77. The van der Waals surface area contributed by atoms with Gasteiger partial charge in [0.1, 0.15) is 0 Å². The molecule has 0 fully saturated rings. The van der Waals surface area contributed by atoms with Crippen molar-refractivity contribution in [2.75, 3.05) is 5.32 Å². The van der Waals surface area contributed by atoms with E-state index in [1.807, 2.05) is 0 Å². The van der Waals surface area contributed by atoms with Gasteiger partial charge in [-0.2, -0.15) is 5.10 Å². The minimum Gasteiger partial charge on any atom is -0.322 e. The molecule has 29 heavy (non-hydrogen) atoms. The van der Waals surface area contributed by atoms with Crippen molar-refractivity contribution < 1.29 is 14.5 Å². The molecule has 1 heterocycles. The number of nitrogens with one attached hydrogen (secondary N) is 2. The molecule has 0 aliphatic heterocycles. The van der Waals surface area contributed by atoms with Gasteiger partial charge < -0.3 is 5.32 Å². The van der Waals surface area contributed by atoms with Gasteiger partial charge in [0, 0.05) is 35.1 Å². The number of hydrogen-bond acceptors (Lipinski definition) is 6. The molecule has 0 saturated heterocycles. The highest BCUT2D eigenvalue weighted by Crippen LogP contribution is 2.16. The van der Waals surface area contributed by atoms with Gasteiger partial charge in [0.05, 0.1) is 16.8 Å². The third kappa shape index (κ3) is 5.30. The number of aromatic nitrogens is 1. The van der Waals surface area contributed by atoms with Crippen LogP contribution in [-0.2, 0) is 0 Å². The van der Waals surface area contributed by atoms with Gasteiger partial charge in [-0.15, -0.1) is 0 Å². The summed E-state index contributed by atoms with van der Waals surface area (Å²) in [5.41, 5.74) is 3.76. The van der Waals surface area contributed by atoms with Crippen LogP contribution < -0.4 is 10.7 Å². The van der Waals surface area contributed by atoms with Gasteiger partial charge in [0.15, 0.2) is 0 Å². The largest absolute Gasteiger partial charge is 0.322 e. The van der Waals surface area contributed by atoms with Gasteiger partial charge in [-0.3, -0.25) is 24.7 Å². The van der Waals surface area contributed by atoms with Crippen molar-refractivity contribution in [2.24, 2.45) is 5.10 Å². The number of anilines is 1. The number of pyridine rings is 1. The zero-order valence-corrected chi connectivity index (χ0v) is 15.0. The monoisotopic (exact) mass is 389 g/mol. The number of hydrogen-bond donors (Lipinski definition) is 2. The van der Waals surface area contributed by atoms with Crippen LogP contribution in [0.3, 0.4) is 0 Å². The first-order valence-electron chi connectivity index (χ1n) is 8.43. The first-order valence-corrected chi connectivity index (χ1v) is 8.43. The summed E-state index contributed by atoms with van der Waals surface area (Å²) >= 11 is 0. The van der Waals surface area contributed by atoms with E-state index in [1.54, 1.807) is 36.5 Å². The van der Waals surface area contributed by atoms with E-state index < -0.39 is 16.7 Å². The molecule has 0 bridgehead atoms. The maximum atomic E-state index is 12.2. The first kappa shape index (κ1) is 19.4. The average Bonchev–Trinajstić information content (AvgIpc) is 2.75. The van der Waals surface area contributed by atoms with Crippen molar-refractivity contribution in [3.8, 4) is 0 Å². The molecule has 0 aliphatic rings. The summed E-state index contributed by atoms with van der Waals surface area (Å²) in [6.45, 7) is 0. The van der Waals surface area contributed by atoms with Gasteiger partial charge >= 0.3 is 0 Å². The topological polar surface area (TPSA) is 127 Å². The zero-order valence-electron chi connectivity index (χ0n) is 15.0.